The predicted octanol–water partition coefficient (Wildman–Crippen LogP) is 5.42. The summed E-state index contributed by atoms with van der Waals surface area (Å²) in [5.74, 6) is 0.491. The van der Waals surface area contributed by atoms with E-state index in [0.717, 1.165) is 16.1 Å². The van der Waals surface area contributed by atoms with Crippen molar-refractivity contribution in [2.24, 2.45) is 0 Å². The van der Waals surface area contributed by atoms with Gasteiger partial charge in [-0.1, -0.05) is 53.3 Å². The van der Waals surface area contributed by atoms with E-state index >= 15 is 0 Å². The second-order valence-electron chi connectivity index (χ2n) is 6.84. The van der Waals surface area contributed by atoms with E-state index in [1.807, 2.05) is 52.9 Å². The maximum Gasteiger partial charge on any atom is 0.192 e. The lowest BCUT2D eigenvalue weighted by Crippen LogP contribution is -2.16. The van der Waals surface area contributed by atoms with Gasteiger partial charge in [0.25, 0.3) is 0 Å². The number of carbonyl (C=O) groups is 1. The van der Waals surface area contributed by atoms with Crippen LogP contribution in [0.5, 0.6) is 0 Å². The lowest BCUT2D eigenvalue weighted by atomic mass is 10.2. The second-order valence-corrected chi connectivity index (χ2v) is 9.25. The van der Waals surface area contributed by atoms with Crippen LogP contribution in [0.4, 0.5) is 5.69 Å². The van der Waals surface area contributed by atoms with Gasteiger partial charge in [0.05, 0.1) is 11.4 Å². The summed E-state index contributed by atoms with van der Waals surface area (Å²) in [6.45, 7) is 4.30. The summed E-state index contributed by atoms with van der Waals surface area (Å²) in [5, 5.41) is 20.2. The van der Waals surface area contributed by atoms with Crippen molar-refractivity contribution in [1.82, 2.24) is 14.8 Å². The van der Waals surface area contributed by atoms with Crippen LogP contribution in [0.1, 0.15) is 0 Å². The molecule has 6 nitrogen and oxygen atoms in total. The molecule has 2 heterocycles. The minimum atomic E-state index is -0.249. The van der Waals surface area contributed by atoms with Crippen LogP contribution in [-0.2, 0) is 11.3 Å². The monoisotopic (exact) mass is 479 g/mol. The lowest BCUT2D eigenvalue weighted by molar-refractivity contribution is -0.112. The highest BCUT2D eigenvalue weighted by Crippen LogP contribution is 2.46. The molecule has 0 N–H and O–H groups in total. The molecule has 0 saturated heterocycles. The molecule has 32 heavy (non-hydrogen) atoms. The number of aromatic nitrogens is 3. The minimum absolute atomic E-state index is 0.0764. The van der Waals surface area contributed by atoms with Crippen LogP contribution in [-0.4, -0.2) is 33.3 Å². The van der Waals surface area contributed by atoms with E-state index < -0.39 is 0 Å². The van der Waals surface area contributed by atoms with E-state index in [0.29, 0.717) is 27.6 Å². The van der Waals surface area contributed by atoms with Crippen molar-refractivity contribution in [2.45, 2.75) is 16.6 Å². The molecule has 1 aliphatic heterocycles. The van der Waals surface area contributed by atoms with Crippen molar-refractivity contribution >= 4 is 46.6 Å². The number of hydrogen-bond donors (Lipinski definition) is 0. The normalized spacial score (nSPS) is 14.1. The minimum Gasteiger partial charge on any atom is -0.337 e. The highest BCUT2D eigenvalue weighted by Gasteiger charge is 2.28. The number of allylic oxidation sites excluding steroid dienone is 2. The molecule has 0 radical (unpaired) electrons. The van der Waals surface area contributed by atoms with Crippen LogP contribution >= 0.6 is 35.1 Å². The van der Waals surface area contributed by atoms with Crippen molar-refractivity contribution in [3.8, 4) is 17.5 Å². The number of rotatable bonds is 7. The fraction of sp³-hybridized carbons (Fsp3) is 0.130. The lowest BCUT2D eigenvalue weighted by Gasteiger charge is -2.14. The number of nitrogens with zero attached hydrogens (tertiary/aromatic N) is 5. The molecule has 0 unspecified atom stereocenters. The number of para-hydroxylation sites is 1. The van der Waals surface area contributed by atoms with Crippen molar-refractivity contribution in [3.05, 3.63) is 76.8 Å². The van der Waals surface area contributed by atoms with E-state index in [9.17, 15) is 10.1 Å². The Morgan fingerprint density at radius 3 is 2.69 bits per heavy atom. The van der Waals surface area contributed by atoms with E-state index in [-0.39, 0.29) is 17.1 Å². The fourth-order valence-electron chi connectivity index (χ4n) is 3.25. The molecule has 0 spiro atoms. The Bertz CT molecular complexity index is 1260. The van der Waals surface area contributed by atoms with E-state index in [1.54, 1.807) is 18.2 Å². The van der Waals surface area contributed by atoms with Crippen LogP contribution in [0.3, 0.4) is 0 Å². The molecule has 0 saturated carbocycles. The van der Waals surface area contributed by atoms with Gasteiger partial charge in [0.1, 0.15) is 16.7 Å². The number of halogens is 1. The molecule has 3 aromatic rings. The quantitative estimate of drug-likeness (QED) is 0.194. The van der Waals surface area contributed by atoms with Gasteiger partial charge in [-0.25, -0.2) is 0 Å². The predicted molar refractivity (Wildman–Crippen MR) is 130 cm³/mol. The Balaban J connectivity index is 1.56. The molecular weight excluding hydrogens is 462 g/mol. The van der Waals surface area contributed by atoms with Crippen LogP contribution in [0.2, 0.25) is 5.02 Å². The van der Waals surface area contributed by atoms with Crippen LogP contribution in [0.15, 0.2) is 81.8 Å². The Morgan fingerprint density at radius 1 is 1.25 bits per heavy atom. The summed E-state index contributed by atoms with van der Waals surface area (Å²) in [6, 6.07) is 17.3. The summed E-state index contributed by atoms with van der Waals surface area (Å²) >= 11 is 8.68. The van der Waals surface area contributed by atoms with Gasteiger partial charge < -0.3 is 4.90 Å². The van der Waals surface area contributed by atoms with E-state index in [4.69, 9.17) is 11.6 Å². The average Bonchev–Trinajstić information content (AvgIpc) is 3.35. The largest absolute Gasteiger partial charge is 0.337 e. The van der Waals surface area contributed by atoms with Crippen LogP contribution in [0, 0.1) is 11.3 Å². The number of benzene rings is 2. The van der Waals surface area contributed by atoms with Gasteiger partial charge in [-0.15, -0.1) is 16.8 Å². The Labute approximate surface area is 199 Å². The molecule has 0 bridgehead atoms. The highest BCUT2D eigenvalue weighted by atomic mass is 35.5. The van der Waals surface area contributed by atoms with Crippen molar-refractivity contribution in [3.63, 3.8) is 0 Å². The Hall–Kier alpha value is -2.99. The number of nitriles is 1. The third kappa shape index (κ3) is 4.32. The van der Waals surface area contributed by atoms with Gasteiger partial charge >= 0.3 is 0 Å². The number of fused-ring (bicyclic) bond motifs is 1. The van der Waals surface area contributed by atoms with E-state index in [2.05, 4.69) is 22.8 Å². The summed E-state index contributed by atoms with van der Waals surface area (Å²) in [5.41, 5.74) is 2.00. The smallest absolute Gasteiger partial charge is 0.192 e. The van der Waals surface area contributed by atoms with Gasteiger partial charge in [0.15, 0.2) is 16.8 Å². The van der Waals surface area contributed by atoms with Crippen molar-refractivity contribution in [1.29, 1.82) is 5.26 Å². The second kappa shape index (κ2) is 9.65. The first-order valence-corrected chi connectivity index (χ1v) is 11.8. The standard InChI is InChI=1S/C23H18ClN5OS2/c1-3-12-29-21(15-8-10-16(24)11-9-15)26-27-23(29)31-14-19(30)17(13-25)22-28(2)18-6-4-5-7-20(18)32-22/h3-11H,1,12,14H2,2H3/b22-17-. The number of thioether (sulfide) groups is 2. The molecule has 1 aliphatic rings. The molecule has 0 fully saturated rings. The summed E-state index contributed by atoms with van der Waals surface area (Å²) in [6.07, 6.45) is 1.75. The first-order valence-electron chi connectivity index (χ1n) is 9.64. The van der Waals surface area contributed by atoms with Gasteiger partial charge in [-0.3, -0.25) is 9.36 Å². The summed E-state index contributed by atoms with van der Waals surface area (Å²) in [7, 11) is 1.87. The molecule has 9 heteroatoms. The van der Waals surface area contributed by atoms with Gasteiger partial charge in [0.2, 0.25) is 0 Å². The van der Waals surface area contributed by atoms with Crippen LogP contribution < -0.4 is 4.90 Å². The third-order valence-electron chi connectivity index (χ3n) is 4.81. The first kappa shape index (κ1) is 22.2. The Kier molecular flexibility index (Phi) is 6.70. The number of Topliss-reactive ketones (excluding diaryl/α,β-unsaturated/α-hetero) is 1. The zero-order valence-corrected chi connectivity index (χ0v) is 19.5. The fourth-order valence-corrected chi connectivity index (χ4v) is 5.36. The van der Waals surface area contributed by atoms with Crippen LogP contribution in [0.25, 0.3) is 11.4 Å². The molecule has 2 aromatic carbocycles. The highest BCUT2D eigenvalue weighted by molar-refractivity contribution is 8.03. The molecule has 4 rings (SSSR count). The van der Waals surface area contributed by atoms with Crippen molar-refractivity contribution in [2.75, 3.05) is 17.7 Å². The molecule has 0 aliphatic carbocycles. The average molecular weight is 480 g/mol. The molecule has 1 aromatic heterocycles. The topological polar surface area (TPSA) is 74.8 Å². The SMILES string of the molecule is C=CCn1c(SCC(=O)/C(C#N)=C2\Sc3ccccc3N2C)nnc1-c1ccc(Cl)cc1. The number of carbonyl (C=O) groups excluding carboxylic acids is 1. The van der Waals surface area contributed by atoms with Gasteiger partial charge in [-0.05, 0) is 36.4 Å². The zero-order chi connectivity index (χ0) is 22.7. The van der Waals surface area contributed by atoms with E-state index in [1.165, 1.54) is 23.5 Å². The first-order chi connectivity index (χ1) is 15.5. The molecular formula is C23H18ClN5OS2. The summed E-state index contributed by atoms with van der Waals surface area (Å²) < 4.78 is 1.89. The zero-order valence-electron chi connectivity index (χ0n) is 17.2. The molecule has 160 valence electrons. The number of anilines is 1. The third-order valence-corrected chi connectivity index (χ3v) is 7.26. The maximum atomic E-state index is 13.0. The van der Waals surface area contributed by atoms with Gasteiger partial charge in [-0.2, -0.15) is 5.26 Å². The maximum absolute atomic E-state index is 13.0. The number of hydrogen-bond acceptors (Lipinski definition) is 7. The summed E-state index contributed by atoms with van der Waals surface area (Å²) in [4.78, 5) is 15.9. The Morgan fingerprint density at radius 2 is 2.00 bits per heavy atom. The van der Waals surface area contributed by atoms with Crippen molar-refractivity contribution < 1.29 is 4.79 Å². The van der Waals surface area contributed by atoms with Gasteiger partial charge in [0, 0.05) is 29.1 Å². The molecule has 0 amide bonds. The number of ketones is 1. The molecule has 0 atom stereocenters.